The minimum Gasteiger partial charge on any atom is -0.352 e. The molecule has 0 aliphatic heterocycles. The Kier molecular flexibility index (Phi) is 11.8. The summed E-state index contributed by atoms with van der Waals surface area (Å²) in [6.07, 6.45) is -0.101. The largest absolute Gasteiger partial charge is 0.352 e. The van der Waals surface area contributed by atoms with Crippen molar-refractivity contribution in [2.24, 2.45) is 0 Å². The second kappa shape index (κ2) is 11.9. The lowest BCUT2D eigenvalue weighted by Crippen LogP contribution is -2.31. The summed E-state index contributed by atoms with van der Waals surface area (Å²) in [4.78, 5) is 4.70. The molecule has 4 nitrogen and oxygen atoms in total. The first-order valence-electron chi connectivity index (χ1n) is 7.35. The van der Waals surface area contributed by atoms with Crippen molar-refractivity contribution in [2.45, 2.75) is 40.9 Å². The van der Waals surface area contributed by atoms with E-state index in [1.54, 1.807) is 0 Å². The lowest BCUT2D eigenvalue weighted by molar-refractivity contribution is -0.135. The Balaban J connectivity index is 3.50. The number of rotatable bonds is 12. The van der Waals surface area contributed by atoms with Crippen LogP contribution in [-0.4, -0.2) is 68.6 Å². The summed E-state index contributed by atoms with van der Waals surface area (Å²) in [6, 6.07) is 0. The average Bonchev–Trinajstić information content (AvgIpc) is 2.40. The van der Waals surface area contributed by atoms with Gasteiger partial charge >= 0.3 is 0 Å². The fourth-order valence-electron chi connectivity index (χ4n) is 1.82. The predicted octanol–water partition coefficient (Wildman–Crippen LogP) is 2.05. The first-order chi connectivity index (χ1) is 8.67. The Morgan fingerprint density at radius 2 is 1.06 bits per heavy atom. The fourth-order valence-corrected chi connectivity index (χ4v) is 1.82. The molecule has 0 atom stereocenters. The van der Waals surface area contributed by atoms with Gasteiger partial charge in [0.1, 0.15) is 0 Å². The summed E-state index contributed by atoms with van der Waals surface area (Å²) < 4.78 is 11.3. The monoisotopic (exact) mass is 260 g/mol. The molecule has 0 bridgehead atoms. The van der Waals surface area contributed by atoms with Gasteiger partial charge in [-0.25, -0.2) is 0 Å². The number of ether oxygens (including phenoxy) is 2. The molecule has 0 spiro atoms. The van der Waals surface area contributed by atoms with E-state index in [4.69, 9.17) is 9.47 Å². The molecule has 0 aromatic rings. The van der Waals surface area contributed by atoms with Crippen molar-refractivity contribution in [3.8, 4) is 0 Å². The van der Waals surface area contributed by atoms with E-state index in [2.05, 4.69) is 37.5 Å². The highest BCUT2D eigenvalue weighted by atomic mass is 16.7. The van der Waals surface area contributed by atoms with Gasteiger partial charge in [0.25, 0.3) is 0 Å². The maximum atomic E-state index is 5.64. The Morgan fingerprint density at radius 1 is 0.722 bits per heavy atom. The highest BCUT2D eigenvalue weighted by Gasteiger charge is 2.05. The fraction of sp³-hybridized carbons (Fsp3) is 1.00. The molecule has 0 N–H and O–H groups in total. The van der Waals surface area contributed by atoms with E-state index in [1.807, 2.05) is 6.92 Å². The zero-order chi connectivity index (χ0) is 13.8. The first-order valence-corrected chi connectivity index (χ1v) is 7.35. The molecule has 0 rings (SSSR count). The Bertz CT molecular complexity index is 153. The Morgan fingerprint density at radius 3 is 1.33 bits per heavy atom. The molecule has 4 heteroatoms. The van der Waals surface area contributed by atoms with E-state index in [-0.39, 0.29) is 6.29 Å². The summed E-state index contributed by atoms with van der Waals surface area (Å²) in [7, 11) is 0. The molecule has 110 valence electrons. The summed E-state index contributed by atoms with van der Waals surface area (Å²) in [5.41, 5.74) is 0. The SMILES string of the molecule is CCN(CC)CCOC(C)OCCN(CC)CC. The molecule has 0 radical (unpaired) electrons. The van der Waals surface area contributed by atoms with E-state index in [9.17, 15) is 0 Å². The van der Waals surface area contributed by atoms with Crippen LogP contribution >= 0.6 is 0 Å². The van der Waals surface area contributed by atoms with E-state index in [0.717, 1.165) is 52.5 Å². The van der Waals surface area contributed by atoms with Crippen molar-refractivity contribution in [2.75, 3.05) is 52.5 Å². The molecule has 0 unspecified atom stereocenters. The standard InChI is InChI=1S/C14H32N2O2/c1-6-15(7-2)10-12-17-14(5)18-13-11-16(8-3)9-4/h14H,6-13H2,1-5H3. The third-order valence-electron chi connectivity index (χ3n) is 3.31. The van der Waals surface area contributed by atoms with Crippen molar-refractivity contribution in [1.29, 1.82) is 0 Å². The molecule has 18 heavy (non-hydrogen) atoms. The summed E-state index contributed by atoms with van der Waals surface area (Å²) in [6.45, 7) is 18.4. The van der Waals surface area contributed by atoms with E-state index in [0.29, 0.717) is 0 Å². The van der Waals surface area contributed by atoms with E-state index >= 15 is 0 Å². The molecule has 0 saturated carbocycles. The van der Waals surface area contributed by atoms with Gasteiger partial charge < -0.3 is 19.3 Å². The third-order valence-corrected chi connectivity index (χ3v) is 3.31. The molecule has 0 aliphatic carbocycles. The quantitative estimate of drug-likeness (QED) is 0.501. The Labute approximate surface area is 113 Å². The van der Waals surface area contributed by atoms with Crippen LogP contribution in [0.1, 0.15) is 34.6 Å². The van der Waals surface area contributed by atoms with Crippen LogP contribution < -0.4 is 0 Å². The maximum Gasteiger partial charge on any atom is 0.154 e. The van der Waals surface area contributed by atoms with E-state index in [1.165, 1.54) is 0 Å². The molecular weight excluding hydrogens is 228 g/mol. The predicted molar refractivity (Wildman–Crippen MR) is 76.9 cm³/mol. The van der Waals surface area contributed by atoms with Crippen LogP contribution in [-0.2, 0) is 9.47 Å². The topological polar surface area (TPSA) is 24.9 Å². The van der Waals surface area contributed by atoms with Gasteiger partial charge in [-0.2, -0.15) is 0 Å². The van der Waals surface area contributed by atoms with E-state index < -0.39 is 0 Å². The van der Waals surface area contributed by atoms with Gasteiger partial charge in [-0.05, 0) is 33.1 Å². The molecule has 0 aromatic carbocycles. The highest BCUT2D eigenvalue weighted by Crippen LogP contribution is 1.96. The van der Waals surface area contributed by atoms with Gasteiger partial charge in [0.2, 0.25) is 0 Å². The van der Waals surface area contributed by atoms with Crippen molar-refractivity contribution < 1.29 is 9.47 Å². The maximum absolute atomic E-state index is 5.64. The number of hydrogen-bond donors (Lipinski definition) is 0. The van der Waals surface area contributed by atoms with Gasteiger partial charge in [0, 0.05) is 13.1 Å². The number of likely N-dealkylation sites (N-methyl/N-ethyl adjacent to an activating group) is 2. The van der Waals surface area contributed by atoms with Crippen molar-refractivity contribution in [3.05, 3.63) is 0 Å². The molecule has 0 amide bonds. The zero-order valence-corrected chi connectivity index (χ0v) is 12.9. The normalized spacial score (nSPS) is 12.0. The van der Waals surface area contributed by atoms with Crippen LogP contribution in [0.2, 0.25) is 0 Å². The molecule has 0 aromatic heterocycles. The third kappa shape index (κ3) is 8.86. The lowest BCUT2D eigenvalue weighted by atomic mass is 10.5. The molecule has 0 aliphatic rings. The second-order valence-electron chi connectivity index (χ2n) is 4.36. The molecule has 0 saturated heterocycles. The summed E-state index contributed by atoms with van der Waals surface area (Å²) in [5, 5.41) is 0. The van der Waals surface area contributed by atoms with Crippen molar-refractivity contribution in [1.82, 2.24) is 9.80 Å². The first kappa shape index (κ1) is 17.8. The van der Waals surface area contributed by atoms with Gasteiger partial charge in [-0.3, -0.25) is 0 Å². The zero-order valence-electron chi connectivity index (χ0n) is 12.9. The van der Waals surface area contributed by atoms with Crippen LogP contribution in [0.3, 0.4) is 0 Å². The smallest absolute Gasteiger partial charge is 0.154 e. The average molecular weight is 260 g/mol. The second-order valence-corrected chi connectivity index (χ2v) is 4.36. The summed E-state index contributed by atoms with van der Waals surface area (Å²) >= 11 is 0. The lowest BCUT2D eigenvalue weighted by Gasteiger charge is -2.22. The molecule has 0 fully saturated rings. The number of nitrogens with zero attached hydrogens (tertiary/aromatic N) is 2. The van der Waals surface area contributed by atoms with Crippen LogP contribution in [0.25, 0.3) is 0 Å². The summed E-state index contributed by atoms with van der Waals surface area (Å²) in [5.74, 6) is 0. The van der Waals surface area contributed by atoms with Gasteiger partial charge in [-0.1, -0.05) is 27.7 Å². The highest BCUT2D eigenvalue weighted by molar-refractivity contribution is 4.52. The Hall–Kier alpha value is -0.160. The van der Waals surface area contributed by atoms with Gasteiger partial charge in [-0.15, -0.1) is 0 Å². The minimum atomic E-state index is -0.101. The van der Waals surface area contributed by atoms with Gasteiger partial charge in [0.05, 0.1) is 13.2 Å². The number of hydrogen-bond acceptors (Lipinski definition) is 4. The van der Waals surface area contributed by atoms with Crippen molar-refractivity contribution in [3.63, 3.8) is 0 Å². The van der Waals surface area contributed by atoms with Crippen LogP contribution in [0.15, 0.2) is 0 Å². The molecular formula is C14H32N2O2. The van der Waals surface area contributed by atoms with Gasteiger partial charge in [0.15, 0.2) is 6.29 Å². The molecule has 0 heterocycles. The van der Waals surface area contributed by atoms with Crippen LogP contribution in [0.4, 0.5) is 0 Å². The van der Waals surface area contributed by atoms with Crippen LogP contribution in [0, 0.1) is 0 Å². The van der Waals surface area contributed by atoms with Crippen molar-refractivity contribution >= 4 is 0 Å². The van der Waals surface area contributed by atoms with Crippen LogP contribution in [0.5, 0.6) is 0 Å². The minimum absolute atomic E-state index is 0.101.